The molecular formula is C24H37N7O3. The van der Waals surface area contributed by atoms with Gasteiger partial charge < -0.3 is 20.2 Å². The highest BCUT2D eigenvalue weighted by Crippen LogP contribution is 2.37. The highest BCUT2D eigenvalue weighted by atomic mass is 16.3. The number of hydrogen-bond donors (Lipinski definition) is 3. The van der Waals surface area contributed by atoms with Crippen molar-refractivity contribution in [3.8, 4) is 0 Å². The summed E-state index contributed by atoms with van der Waals surface area (Å²) >= 11 is 0. The van der Waals surface area contributed by atoms with Crippen molar-refractivity contribution in [2.75, 3.05) is 31.6 Å². The number of nitrogens with zero attached hydrogens (tertiary/aromatic N) is 5. The van der Waals surface area contributed by atoms with Gasteiger partial charge in [-0.3, -0.25) is 19.8 Å². The van der Waals surface area contributed by atoms with Crippen LogP contribution in [0.3, 0.4) is 0 Å². The Balaban J connectivity index is 0.00000324. The van der Waals surface area contributed by atoms with E-state index in [1.807, 2.05) is 16.7 Å². The van der Waals surface area contributed by atoms with Crippen LogP contribution in [0.1, 0.15) is 68.8 Å². The molecule has 0 radical (unpaired) electrons. The molecule has 1 fully saturated rings. The van der Waals surface area contributed by atoms with E-state index < -0.39 is 0 Å². The van der Waals surface area contributed by atoms with Crippen LogP contribution in [-0.2, 0) is 6.54 Å². The SMILES string of the molecule is C.CCCN1C[C@H](C)N(C(=O)N2Cc3c(NC(=O)c4ccccn4)n[nH]c3C2C)C[C@H]1CCO. The lowest BCUT2D eigenvalue weighted by Crippen LogP contribution is -2.61. The normalized spacial score (nSPS) is 22.3. The van der Waals surface area contributed by atoms with Crippen molar-refractivity contribution < 1.29 is 14.7 Å². The second-order valence-electron chi connectivity index (χ2n) is 8.88. The fourth-order valence-corrected chi connectivity index (χ4v) is 4.88. The van der Waals surface area contributed by atoms with Crippen LogP contribution >= 0.6 is 0 Å². The standard InChI is InChI=1S/C23H33N7O3.CH4/c1-4-10-28-12-15(2)29(13-17(28)8-11-31)23(33)30-14-18-20(16(30)3)26-27-21(18)25-22(32)19-7-5-6-9-24-19;/h5-7,9,15-17,31H,4,8,10-14H2,1-3H3,(H2,25,26,27,32);1H4/t15-,16?,17+;/m0./s1. The maximum atomic E-state index is 13.6. The molecule has 3 N–H and O–H groups in total. The van der Waals surface area contributed by atoms with Crippen molar-refractivity contribution in [3.05, 3.63) is 41.3 Å². The summed E-state index contributed by atoms with van der Waals surface area (Å²) in [6, 6.07) is 5.17. The van der Waals surface area contributed by atoms with Crippen molar-refractivity contribution in [1.82, 2.24) is 29.9 Å². The number of amides is 3. The van der Waals surface area contributed by atoms with Crippen molar-refractivity contribution in [3.63, 3.8) is 0 Å². The van der Waals surface area contributed by atoms with Gasteiger partial charge in [0.1, 0.15) is 5.69 Å². The molecule has 10 nitrogen and oxygen atoms in total. The summed E-state index contributed by atoms with van der Waals surface area (Å²) in [5.41, 5.74) is 1.97. The number of fused-ring (bicyclic) bond motifs is 1. The molecule has 0 saturated carbocycles. The van der Waals surface area contributed by atoms with E-state index in [2.05, 4.69) is 39.2 Å². The molecular weight excluding hydrogens is 434 g/mol. The Labute approximate surface area is 201 Å². The molecule has 1 unspecified atom stereocenters. The maximum absolute atomic E-state index is 13.6. The Bertz CT molecular complexity index is 980. The Morgan fingerprint density at radius 3 is 2.71 bits per heavy atom. The smallest absolute Gasteiger partial charge is 0.321 e. The Kier molecular flexibility index (Phi) is 8.27. The monoisotopic (exact) mass is 471 g/mol. The number of aromatic amines is 1. The summed E-state index contributed by atoms with van der Waals surface area (Å²) in [6.07, 6.45) is 3.26. The maximum Gasteiger partial charge on any atom is 0.321 e. The molecule has 186 valence electrons. The van der Waals surface area contributed by atoms with Crippen LogP contribution in [0.4, 0.5) is 10.6 Å². The van der Waals surface area contributed by atoms with E-state index in [0.717, 1.165) is 30.8 Å². The van der Waals surface area contributed by atoms with Gasteiger partial charge in [-0.1, -0.05) is 20.4 Å². The number of aliphatic hydroxyl groups is 1. The van der Waals surface area contributed by atoms with Crippen LogP contribution in [-0.4, -0.2) is 85.3 Å². The van der Waals surface area contributed by atoms with Crippen molar-refractivity contribution >= 4 is 17.8 Å². The highest BCUT2D eigenvalue weighted by molar-refractivity contribution is 6.02. The number of aliphatic hydroxyl groups excluding tert-OH is 1. The number of carbonyl (C=O) groups is 2. The van der Waals surface area contributed by atoms with Gasteiger partial charge in [-0.15, -0.1) is 0 Å². The Hall–Kier alpha value is -2.98. The van der Waals surface area contributed by atoms with E-state index in [1.165, 1.54) is 0 Å². The van der Waals surface area contributed by atoms with E-state index in [1.54, 1.807) is 24.4 Å². The quantitative estimate of drug-likeness (QED) is 0.596. The zero-order chi connectivity index (χ0) is 23.5. The lowest BCUT2D eigenvalue weighted by Gasteiger charge is -2.46. The van der Waals surface area contributed by atoms with E-state index in [9.17, 15) is 14.7 Å². The minimum atomic E-state index is -0.338. The molecule has 4 rings (SSSR count). The van der Waals surface area contributed by atoms with Crippen LogP contribution < -0.4 is 5.32 Å². The Morgan fingerprint density at radius 1 is 1.24 bits per heavy atom. The first-order chi connectivity index (χ1) is 15.9. The lowest BCUT2D eigenvalue weighted by molar-refractivity contribution is 0.0298. The number of H-pyrrole nitrogens is 1. The number of nitrogens with one attached hydrogen (secondary N) is 2. The highest BCUT2D eigenvalue weighted by Gasteiger charge is 2.41. The third-order valence-corrected chi connectivity index (χ3v) is 6.66. The first kappa shape index (κ1) is 25.6. The third-order valence-electron chi connectivity index (χ3n) is 6.66. The molecule has 2 aromatic heterocycles. The number of rotatable bonds is 6. The van der Waals surface area contributed by atoms with Crippen LogP contribution in [0.2, 0.25) is 0 Å². The van der Waals surface area contributed by atoms with Gasteiger partial charge in [0.25, 0.3) is 5.91 Å². The van der Waals surface area contributed by atoms with Gasteiger partial charge in [-0.05, 0) is 45.4 Å². The zero-order valence-corrected chi connectivity index (χ0v) is 19.5. The van der Waals surface area contributed by atoms with E-state index in [4.69, 9.17) is 0 Å². The largest absolute Gasteiger partial charge is 0.396 e. The molecule has 2 aliphatic rings. The van der Waals surface area contributed by atoms with E-state index in [-0.39, 0.29) is 44.1 Å². The summed E-state index contributed by atoms with van der Waals surface area (Å²) in [4.78, 5) is 36.3. The minimum absolute atomic E-state index is 0. The van der Waals surface area contributed by atoms with Gasteiger partial charge >= 0.3 is 6.03 Å². The number of urea groups is 1. The topological polar surface area (TPSA) is 118 Å². The number of carbonyl (C=O) groups excluding carboxylic acids is 2. The minimum Gasteiger partial charge on any atom is -0.396 e. The molecule has 3 amide bonds. The van der Waals surface area contributed by atoms with Crippen molar-refractivity contribution in [1.29, 1.82) is 0 Å². The first-order valence-electron chi connectivity index (χ1n) is 11.7. The molecule has 4 heterocycles. The number of piperazine rings is 1. The van der Waals surface area contributed by atoms with Crippen LogP contribution in [0.5, 0.6) is 0 Å². The van der Waals surface area contributed by atoms with Gasteiger partial charge in [0.2, 0.25) is 0 Å². The van der Waals surface area contributed by atoms with Gasteiger partial charge in [-0.2, -0.15) is 5.10 Å². The zero-order valence-electron chi connectivity index (χ0n) is 19.5. The lowest BCUT2D eigenvalue weighted by atomic mass is 10.0. The number of anilines is 1. The average molecular weight is 472 g/mol. The molecule has 0 bridgehead atoms. The molecule has 0 spiro atoms. The predicted molar refractivity (Wildman–Crippen MR) is 130 cm³/mol. The van der Waals surface area contributed by atoms with Crippen molar-refractivity contribution in [2.45, 2.75) is 65.7 Å². The van der Waals surface area contributed by atoms with E-state index in [0.29, 0.717) is 31.0 Å². The molecule has 2 aliphatic heterocycles. The van der Waals surface area contributed by atoms with Gasteiger partial charge in [-0.25, -0.2) is 4.79 Å². The summed E-state index contributed by atoms with van der Waals surface area (Å²) in [6.45, 7) is 9.03. The molecule has 0 aromatic carbocycles. The van der Waals surface area contributed by atoms with Gasteiger partial charge in [0, 0.05) is 43.5 Å². The van der Waals surface area contributed by atoms with Crippen LogP contribution in [0.15, 0.2) is 24.4 Å². The summed E-state index contributed by atoms with van der Waals surface area (Å²) in [5.74, 6) is 0.0941. The summed E-state index contributed by atoms with van der Waals surface area (Å²) < 4.78 is 0. The fraction of sp³-hybridized carbons (Fsp3) is 0.583. The molecule has 0 aliphatic carbocycles. The van der Waals surface area contributed by atoms with Gasteiger partial charge in [0.15, 0.2) is 5.82 Å². The molecule has 2 aromatic rings. The summed E-state index contributed by atoms with van der Waals surface area (Å²) in [5, 5.41) is 19.6. The molecule has 34 heavy (non-hydrogen) atoms. The number of pyridine rings is 1. The Morgan fingerprint density at radius 2 is 2.03 bits per heavy atom. The molecule has 3 atom stereocenters. The third kappa shape index (κ3) is 4.92. The predicted octanol–water partition coefficient (Wildman–Crippen LogP) is 2.86. The number of hydrogen-bond acceptors (Lipinski definition) is 6. The molecule has 1 saturated heterocycles. The molecule has 10 heteroatoms. The van der Waals surface area contributed by atoms with Crippen LogP contribution in [0, 0.1) is 0 Å². The van der Waals surface area contributed by atoms with Crippen LogP contribution in [0.25, 0.3) is 0 Å². The van der Waals surface area contributed by atoms with Gasteiger partial charge in [0.05, 0.1) is 18.3 Å². The second kappa shape index (κ2) is 11.0. The first-order valence-corrected chi connectivity index (χ1v) is 11.7. The second-order valence-corrected chi connectivity index (χ2v) is 8.88. The number of aromatic nitrogens is 3. The summed E-state index contributed by atoms with van der Waals surface area (Å²) in [7, 11) is 0. The van der Waals surface area contributed by atoms with E-state index >= 15 is 0 Å². The fourth-order valence-electron chi connectivity index (χ4n) is 4.88. The average Bonchev–Trinajstić information content (AvgIpc) is 3.36. The van der Waals surface area contributed by atoms with Crippen molar-refractivity contribution in [2.24, 2.45) is 0 Å².